The van der Waals surface area contributed by atoms with Crippen molar-refractivity contribution in [2.75, 3.05) is 11.9 Å². The number of amides is 1. The predicted molar refractivity (Wildman–Crippen MR) is 78.3 cm³/mol. The summed E-state index contributed by atoms with van der Waals surface area (Å²) in [5.41, 5.74) is 2.77. The van der Waals surface area contributed by atoms with Crippen molar-refractivity contribution < 1.29 is 4.79 Å². The Bertz CT molecular complexity index is 640. The fourth-order valence-electron chi connectivity index (χ4n) is 2.04. The highest BCUT2D eigenvalue weighted by Gasteiger charge is 2.16. The molecule has 0 fully saturated rings. The molecule has 0 saturated carbocycles. The van der Waals surface area contributed by atoms with E-state index in [0.29, 0.717) is 12.1 Å². The van der Waals surface area contributed by atoms with Crippen molar-refractivity contribution in [2.24, 2.45) is 0 Å². The van der Waals surface area contributed by atoms with Crippen LogP contribution in [0.25, 0.3) is 0 Å². The lowest BCUT2D eigenvalue weighted by Gasteiger charge is -2.21. The van der Waals surface area contributed by atoms with Crippen LogP contribution in [-0.4, -0.2) is 12.5 Å². The summed E-state index contributed by atoms with van der Waals surface area (Å²) in [5, 5.41) is 6.19. The minimum absolute atomic E-state index is 0.0315. The zero-order valence-corrected chi connectivity index (χ0v) is 11.4. The van der Waals surface area contributed by atoms with Gasteiger partial charge in [-0.25, -0.2) is 0 Å². The molecular formula is C15H14N2OS. The zero-order chi connectivity index (χ0) is 13.2. The summed E-state index contributed by atoms with van der Waals surface area (Å²) >= 11 is 1.72. The second-order valence-electron chi connectivity index (χ2n) is 4.29. The van der Waals surface area contributed by atoms with Crippen molar-refractivity contribution >= 4 is 29.0 Å². The summed E-state index contributed by atoms with van der Waals surface area (Å²) in [6.45, 7) is 2.56. The van der Waals surface area contributed by atoms with E-state index in [2.05, 4.69) is 16.7 Å². The number of fused-ring (bicyclic) bond motifs is 2. The molecule has 2 N–H and O–H groups in total. The Morgan fingerprint density at radius 2 is 1.95 bits per heavy atom. The van der Waals surface area contributed by atoms with E-state index in [4.69, 9.17) is 0 Å². The number of rotatable bonds is 2. The molecule has 0 bridgehead atoms. The molecule has 3 nitrogen and oxygen atoms in total. The fourth-order valence-corrected chi connectivity index (χ4v) is 3.01. The Hall–Kier alpha value is -1.94. The van der Waals surface area contributed by atoms with Crippen molar-refractivity contribution in [3.8, 4) is 0 Å². The van der Waals surface area contributed by atoms with E-state index < -0.39 is 0 Å². The first-order valence-corrected chi connectivity index (χ1v) is 7.05. The molecule has 0 saturated heterocycles. The number of hydrogen-bond acceptors (Lipinski definition) is 3. The highest BCUT2D eigenvalue weighted by molar-refractivity contribution is 7.99. The number of anilines is 2. The van der Waals surface area contributed by atoms with Crippen LogP contribution in [0.4, 0.5) is 11.4 Å². The van der Waals surface area contributed by atoms with Crippen molar-refractivity contribution in [1.29, 1.82) is 0 Å². The molecule has 19 heavy (non-hydrogen) atoms. The lowest BCUT2D eigenvalue weighted by molar-refractivity contribution is 0.0956. The number of carbonyl (C=O) groups excluding carboxylic acids is 1. The van der Waals surface area contributed by atoms with E-state index in [-0.39, 0.29) is 5.91 Å². The van der Waals surface area contributed by atoms with Crippen molar-refractivity contribution in [3.63, 3.8) is 0 Å². The summed E-state index contributed by atoms with van der Waals surface area (Å²) in [7, 11) is 0. The van der Waals surface area contributed by atoms with E-state index in [1.165, 1.54) is 4.90 Å². The van der Waals surface area contributed by atoms with Gasteiger partial charge in [0.2, 0.25) is 0 Å². The van der Waals surface area contributed by atoms with Gasteiger partial charge in [0.1, 0.15) is 0 Å². The molecule has 96 valence electrons. The van der Waals surface area contributed by atoms with Gasteiger partial charge in [0.05, 0.1) is 11.4 Å². The van der Waals surface area contributed by atoms with E-state index in [1.807, 2.05) is 43.3 Å². The van der Waals surface area contributed by atoms with Gasteiger partial charge in [0.15, 0.2) is 0 Å². The molecule has 0 atom stereocenters. The third kappa shape index (κ3) is 2.31. The van der Waals surface area contributed by atoms with Crippen molar-refractivity contribution in [2.45, 2.75) is 16.7 Å². The molecule has 0 aliphatic carbocycles. The molecule has 1 heterocycles. The first kappa shape index (κ1) is 12.1. The average molecular weight is 270 g/mol. The van der Waals surface area contributed by atoms with Crippen LogP contribution in [0.2, 0.25) is 0 Å². The van der Waals surface area contributed by atoms with Crippen molar-refractivity contribution in [1.82, 2.24) is 5.32 Å². The third-order valence-electron chi connectivity index (χ3n) is 2.96. The molecule has 3 rings (SSSR count). The molecule has 0 unspecified atom stereocenters. The molecule has 1 amide bonds. The van der Waals surface area contributed by atoms with Gasteiger partial charge in [-0.05, 0) is 37.3 Å². The Kier molecular flexibility index (Phi) is 3.17. The Morgan fingerprint density at radius 1 is 1.16 bits per heavy atom. The second-order valence-corrected chi connectivity index (χ2v) is 5.38. The molecular weight excluding hydrogens is 256 g/mol. The summed E-state index contributed by atoms with van der Waals surface area (Å²) in [6, 6.07) is 13.9. The number of nitrogens with one attached hydrogen (secondary N) is 2. The number of para-hydroxylation sites is 1. The first-order chi connectivity index (χ1) is 9.28. The largest absolute Gasteiger partial charge is 0.354 e. The summed E-state index contributed by atoms with van der Waals surface area (Å²) in [5.74, 6) is -0.0315. The highest BCUT2D eigenvalue weighted by atomic mass is 32.2. The van der Waals surface area contributed by atoms with Crippen LogP contribution in [0.5, 0.6) is 0 Å². The lowest BCUT2D eigenvalue weighted by atomic mass is 10.1. The first-order valence-electron chi connectivity index (χ1n) is 6.24. The van der Waals surface area contributed by atoms with Crippen LogP contribution in [0.15, 0.2) is 52.3 Å². The maximum absolute atomic E-state index is 11.8. The smallest absolute Gasteiger partial charge is 0.251 e. The highest BCUT2D eigenvalue weighted by Crippen LogP contribution is 2.44. The van der Waals surface area contributed by atoms with E-state index in [0.717, 1.165) is 16.3 Å². The van der Waals surface area contributed by atoms with Crippen LogP contribution in [-0.2, 0) is 0 Å². The van der Waals surface area contributed by atoms with Crippen LogP contribution >= 0.6 is 11.8 Å². The molecule has 0 aromatic heterocycles. The lowest BCUT2D eigenvalue weighted by Crippen LogP contribution is -2.22. The zero-order valence-electron chi connectivity index (χ0n) is 10.6. The van der Waals surface area contributed by atoms with Crippen LogP contribution in [0.3, 0.4) is 0 Å². The number of carbonyl (C=O) groups is 1. The fraction of sp³-hybridized carbons (Fsp3) is 0.133. The standard InChI is InChI=1S/C15H14N2OS/c1-2-16-15(18)10-7-8-14-12(9-10)17-11-5-3-4-6-13(11)19-14/h3-9,17H,2H2,1H3,(H,16,18). The molecule has 1 aliphatic heterocycles. The van der Waals surface area contributed by atoms with Gasteiger partial charge in [-0.15, -0.1) is 0 Å². The molecule has 2 aromatic carbocycles. The maximum atomic E-state index is 11.8. The van der Waals surface area contributed by atoms with Gasteiger partial charge < -0.3 is 10.6 Å². The van der Waals surface area contributed by atoms with Gasteiger partial charge in [0.25, 0.3) is 5.91 Å². The monoisotopic (exact) mass is 270 g/mol. The molecule has 4 heteroatoms. The Balaban J connectivity index is 1.94. The average Bonchev–Trinajstić information content (AvgIpc) is 2.44. The van der Waals surface area contributed by atoms with Gasteiger partial charge >= 0.3 is 0 Å². The van der Waals surface area contributed by atoms with Crippen LogP contribution in [0.1, 0.15) is 17.3 Å². The second kappa shape index (κ2) is 4.97. The van der Waals surface area contributed by atoms with Crippen LogP contribution in [0, 0.1) is 0 Å². The van der Waals surface area contributed by atoms with Gasteiger partial charge in [0, 0.05) is 21.9 Å². The molecule has 0 spiro atoms. The van der Waals surface area contributed by atoms with Crippen LogP contribution < -0.4 is 10.6 Å². The number of hydrogen-bond donors (Lipinski definition) is 2. The number of benzene rings is 2. The van der Waals surface area contributed by atoms with Crippen molar-refractivity contribution in [3.05, 3.63) is 48.0 Å². The minimum atomic E-state index is -0.0315. The van der Waals surface area contributed by atoms with E-state index in [1.54, 1.807) is 11.8 Å². The van der Waals surface area contributed by atoms with Gasteiger partial charge in [-0.2, -0.15) is 0 Å². The van der Waals surface area contributed by atoms with E-state index >= 15 is 0 Å². The minimum Gasteiger partial charge on any atom is -0.354 e. The Labute approximate surface area is 116 Å². The normalized spacial score (nSPS) is 12.1. The Morgan fingerprint density at radius 3 is 2.79 bits per heavy atom. The van der Waals surface area contributed by atoms with E-state index in [9.17, 15) is 4.79 Å². The maximum Gasteiger partial charge on any atom is 0.251 e. The molecule has 2 aromatic rings. The predicted octanol–water partition coefficient (Wildman–Crippen LogP) is 3.64. The topological polar surface area (TPSA) is 41.1 Å². The quantitative estimate of drug-likeness (QED) is 0.747. The molecule has 1 aliphatic rings. The summed E-state index contributed by atoms with van der Waals surface area (Å²) < 4.78 is 0. The third-order valence-corrected chi connectivity index (χ3v) is 4.11. The van der Waals surface area contributed by atoms with Gasteiger partial charge in [-0.3, -0.25) is 4.79 Å². The molecule has 0 radical (unpaired) electrons. The SMILES string of the molecule is CCNC(=O)c1ccc2c(c1)Nc1ccccc1S2. The van der Waals surface area contributed by atoms with Gasteiger partial charge in [-0.1, -0.05) is 23.9 Å². The summed E-state index contributed by atoms with van der Waals surface area (Å²) in [6.07, 6.45) is 0. The summed E-state index contributed by atoms with van der Waals surface area (Å²) in [4.78, 5) is 14.2.